The highest BCUT2D eigenvalue weighted by atomic mass is 32.2. The number of fused-ring (bicyclic) bond motifs is 1. The first-order valence-electron chi connectivity index (χ1n) is 12.3. The van der Waals surface area contributed by atoms with E-state index in [0.717, 1.165) is 41.8 Å². The molecule has 1 amide bonds. The zero-order valence-electron chi connectivity index (χ0n) is 21.0. The quantitative estimate of drug-likeness (QED) is 0.0938. The van der Waals surface area contributed by atoms with E-state index in [1.54, 1.807) is 22.9 Å². The summed E-state index contributed by atoms with van der Waals surface area (Å²) in [6, 6.07) is 22.4. The molecule has 0 bridgehead atoms. The fraction of sp³-hybridized carbons (Fsp3) is 0.241. The van der Waals surface area contributed by atoms with Gasteiger partial charge in [-0.05, 0) is 66.9 Å². The predicted molar refractivity (Wildman–Crippen MR) is 150 cm³/mol. The number of aryl methyl sites for hydroxylation is 1. The number of nitrogens with zero attached hydrogens (tertiary/aromatic N) is 3. The van der Waals surface area contributed by atoms with Gasteiger partial charge >= 0.3 is 0 Å². The number of aromatic nitrogens is 2. The van der Waals surface area contributed by atoms with E-state index >= 15 is 0 Å². The minimum absolute atomic E-state index is 0.0541. The number of amides is 1. The first-order valence-corrected chi connectivity index (χ1v) is 13.3. The molecule has 37 heavy (non-hydrogen) atoms. The molecule has 0 saturated carbocycles. The Bertz CT molecular complexity index is 1450. The Labute approximate surface area is 220 Å². The van der Waals surface area contributed by atoms with Gasteiger partial charge in [0.25, 0.3) is 11.5 Å². The summed E-state index contributed by atoms with van der Waals surface area (Å²) in [5.41, 5.74) is 5.50. The van der Waals surface area contributed by atoms with Crippen LogP contribution in [-0.2, 0) is 4.79 Å². The molecule has 3 aromatic carbocycles. The van der Waals surface area contributed by atoms with Crippen molar-refractivity contribution in [2.75, 3.05) is 12.4 Å². The Balaban J connectivity index is 1.42. The fourth-order valence-electron chi connectivity index (χ4n) is 3.77. The summed E-state index contributed by atoms with van der Waals surface area (Å²) in [6.45, 7) is 4.81. The molecule has 1 N–H and O–H groups in total. The maximum Gasteiger partial charge on any atom is 0.266 e. The van der Waals surface area contributed by atoms with Gasteiger partial charge in [-0.2, -0.15) is 5.10 Å². The Kier molecular flexibility index (Phi) is 9.10. The highest BCUT2D eigenvalue weighted by Crippen LogP contribution is 2.23. The van der Waals surface area contributed by atoms with Crippen LogP contribution in [0.25, 0.3) is 16.6 Å². The lowest BCUT2D eigenvalue weighted by Gasteiger charge is -2.14. The van der Waals surface area contributed by atoms with Crippen LogP contribution in [0.4, 0.5) is 0 Å². The third kappa shape index (κ3) is 6.86. The number of unbranched alkanes of at least 4 members (excludes halogenated alkanes) is 2. The second-order valence-electron chi connectivity index (χ2n) is 8.55. The first-order chi connectivity index (χ1) is 18.1. The smallest absolute Gasteiger partial charge is 0.266 e. The highest BCUT2D eigenvalue weighted by Gasteiger charge is 2.15. The standard InChI is InChI=1S/C29H30N4O3S/c1-3-4-9-18-36-23-16-14-22(15-17-23)19-30-32-27(34)20-37-29-31-25-12-7-6-11-24(25)28(35)33(29)26-13-8-5-10-21(26)2/h5-8,10-17,19H,3-4,9,18,20H2,1-2H3,(H,32,34)/b30-19-. The minimum atomic E-state index is -0.295. The van der Waals surface area contributed by atoms with Gasteiger partial charge in [0.1, 0.15) is 5.75 Å². The molecule has 4 aromatic rings. The zero-order valence-corrected chi connectivity index (χ0v) is 21.8. The lowest BCUT2D eigenvalue weighted by Crippen LogP contribution is -2.24. The molecule has 1 aromatic heterocycles. The number of carbonyl (C=O) groups excluding carboxylic acids is 1. The third-order valence-corrected chi connectivity index (χ3v) is 6.67. The SMILES string of the molecule is CCCCCOc1ccc(/C=N\NC(=O)CSc2nc3ccccc3c(=O)n2-c2ccccc2C)cc1. The number of benzene rings is 3. The van der Waals surface area contributed by atoms with E-state index in [2.05, 4.69) is 22.4 Å². The molecule has 0 aliphatic carbocycles. The van der Waals surface area contributed by atoms with Crippen molar-refractivity contribution in [3.05, 3.63) is 94.3 Å². The molecule has 0 spiro atoms. The molecule has 1 heterocycles. The van der Waals surface area contributed by atoms with Crippen molar-refractivity contribution >= 4 is 34.8 Å². The van der Waals surface area contributed by atoms with Crippen LogP contribution in [0.15, 0.2) is 87.8 Å². The van der Waals surface area contributed by atoms with Crippen LogP contribution < -0.4 is 15.7 Å². The van der Waals surface area contributed by atoms with Gasteiger partial charge in [0.05, 0.1) is 35.2 Å². The molecular weight excluding hydrogens is 484 g/mol. The van der Waals surface area contributed by atoms with Crippen molar-refractivity contribution in [2.24, 2.45) is 5.10 Å². The van der Waals surface area contributed by atoms with Gasteiger partial charge in [-0.3, -0.25) is 14.2 Å². The van der Waals surface area contributed by atoms with Gasteiger partial charge in [0, 0.05) is 0 Å². The number of hydrogen-bond acceptors (Lipinski definition) is 6. The Hall–Kier alpha value is -3.91. The lowest BCUT2D eigenvalue weighted by molar-refractivity contribution is -0.118. The van der Waals surface area contributed by atoms with Gasteiger partial charge in [-0.15, -0.1) is 0 Å². The average molecular weight is 515 g/mol. The molecule has 8 heteroatoms. The second-order valence-corrected chi connectivity index (χ2v) is 9.49. The van der Waals surface area contributed by atoms with E-state index in [-0.39, 0.29) is 17.2 Å². The van der Waals surface area contributed by atoms with E-state index in [9.17, 15) is 9.59 Å². The molecule has 0 aliphatic heterocycles. The molecule has 0 atom stereocenters. The Morgan fingerprint density at radius 1 is 1.05 bits per heavy atom. The van der Waals surface area contributed by atoms with Crippen LogP contribution >= 0.6 is 11.8 Å². The van der Waals surface area contributed by atoms with E-state index in [4.69, 9.17) is 4.74 Å². The summed E-state index contributed by atoms with van der Waals surface area (Å²) in [7, 11) is 0. The number of rotatable bonds is 11. The van der Waals surface area contributed by atoms with Gasteiger partial charge in [-0.1, -0.05) is 61.9 Å². The van der Waals surface area contributed by atoms with E-state index in [0.29, 0.717) is 22.7 Å². The average Bonchev–Trinajstić information content (AvgIpc) is 2.91. The first kappa shape index (κ1) is 26.2. The number of hydrazone groups is 1. The maximum absolute atomic E-state index is 13.4. The van der Waals surface area contributed by atoms with Gasteiger partial charge in [0.15, 0.2) is 5.16 Å². The third-order valence-electron chi connectivity index (χ3n) is 5.73. The fourth-order valence-corrected chi connectivity index (χ4v) is 4.57. The van der Waals surface area contributed by atoms with Crippen LogP contribution in [0.3, 0.4) is 0 Å². The van der Waals surface area contributed by atoms with Crippen molar-refractivity contribution in [1.82, 2.24) is 15.0 Å². The van der Waals surface area contributed by atoms with Gasteiger partial charge in [-0.25, -0.2) is 10.4 Å². The summed E-state index contributed by atoms with van der Waals surface area (Å²) in [6.07, 6.45) is 4.94. The van der Waals surface area contributed by atoms with Crippen molar-refractivity contribution in [3.63, 3.8) is 0 Å². The van der Waals surface area contributed by atoms with E-state index in [1.165, 1.54) is 11.8 Å². The predicted octanol–water partition coefficient (Wildman–Crippen LogP) is 5.51. The molecule has 0 aliphatic rings. The summed E-state index contributed by atoms with van der Waals surface area (Å²) in [5, 5.41) is 5.04. The van der Waals surface area contributed by atoms with Crippen LogP contribution in [0.2, 0.25) is 0 Å². The summed E-state index contributed by atoms with van der Waals surface area (Å²) in [4.78, 5) is 30.6. The Morgan fingerprint density at radius 3 is 2.59 bits per heavy atom. The molecule has 0 unspecified atom stereocenters. The topological polar surface area (TPSA) is 85.6 Å². The molecule has 0 saturated heterocycles. The molecule has 0 fully saturated rings. The molecule has 7 nitrogen and oxygen atoms in total. The lowest BCUT2D eigenvalue weighted by atomic mass is 10.2. The number of nitrogens with one attached hydrogen (secondary N) is 1. The summed E-state index contributed by atoms with van der Waals surface area (Å²) < 4.78 is 7.29. The molecule has 190 valence electrons. The largest absolute Gasteiger partial charge is 0.494 e. The number of ether oxygens (including phenoxy) is 1. The summed E-state index contributed by atoms with van der Waals surface area (Å²) >= 11 is 1.20. The minimum Gasteiger partial charge on any atom is -0.494 e. The van der Waals surface area contributed by atoms with Crippen LogP contribution in [0.1, 0.15) is 37.3 Å². The normalized spacial score (nSPS) is 11.2. The van der Waals surface area contributed by atoms with Crippen molar-refractivity contribution in [1.29, 1.82) is 0 Å². The molecular formula is C29H30N4O3S. The van der Waals surface area contributed by atoms with Crippen molar-refractivity contribution in [3.8, 4) is 11.4 Å². The van der Waals surface area contributed by atoms with E-state index in [1.807, 2.05) is 67.6 Å². The highest BCUT2D eigenvalue weighted by molar-refractivity contribution is 7.99. The molecule has 4 rings (SSSR count). The van der Waals surface area contributed by atoms with Crippen LogP contribution in [0.5, 0.6) is 5.75 Å². The Morgan fingerprint density at radius 2 is 1.81 bits per heavy atom. The summed E-state index contributed by atoms with van der Waals surface area (Å²) in [5.74, 6) is 0.575. The van der Waals surface area contributed by atoms with E-state index < -0.39 is 0 Å². The van der Waals surface area contributed by atoms with Crippen molar-refractivity contribution in [2.45, 2.75) is 38.3 Å². The van der Waals surface area contributed by atoms with Crippen molar-refractivity contribution < 1.29 is 9.53 Å². The second kappa shape index (κ2) is 12.9. The zero-order chi connectivity index (χ0) is 26.0. The van der Waals surface area contributed by atoms with Crippen LogP contribution in [0, 0.1) is 6.92 Å². The van der Waals surface area contributed by atoms with Gasteiger partial charge in [0.2, 0.25) is 0 Å². The van der Waals surface area contributed by atoms with Crippen LogP contribution in [-0.4, -0.2) is 34.0 Å². The molecule has 0 radical (unpaired) electrons. The van der Waals surface area contributed by atoms with Gasteiger partial charge < -0.3 is 4.74 Å². The maximum atomic E-state index is 13.4. The number of carbonyl (C=O) groups is 1. The number of thioether (sulfide) groups is 1. The number of hydrogen-bond donors (Lipinski definition) is 1. The number of para-hydroxylation sites is 2. The monoisotopic (exact) mass is 514 g/mol.